The third kappa shape index (κ3) is 4.49. The van der Waals surface area contributed by atoms with Crippen molar-refractivity contribution in [1.82, 2.24) is 20.2 Å². The molecule has 0 aliphatic heterocycles. The fraction of sp³-hybridized carbons (Fsp3) is 0.278. The van der Waals surface area contributed by atoms with E-state index >= 15 is 0 Å². The number of nitrogens with zero attached hydrogens (tertiary/aromatic N) is 4. The number of tetrazole rings is 1. The van der Waals surface area contributed by atoms with Crippen LogP contribution in [0.5, 0.6) is 5.75 Å². The summed E-state index contributed by atoms with van der Waals surface area (Å²) in [5.74, 6) is 0.909. The van der Waals surface area contributed by atoms with E-state index < -0.39 is 0 Å². The van der Waals surface area contributed by atoms with E-state index in [9.17, 15) is 4.39 Å². The maximum Gasteiger partial charge on any atom is 0.243 e. The number of halogens is 2. The van der Waals surface area contributed by atoms with Gasteiger partial charge in [0.05, 0.1) is 0 Å². The minimum Gasteiger partial charge on any atom is -0.488 e. The number of rotatable bonds is 8. The number of hydrogen-bond acceptors (Lipinski definition) is 5. The molecule has 3 aromatic rings. The van der Waals surface area contributed by atoms with Crippen molar-refractivity contribution in [3.05, 3.63) is 64.4 Å². The molecule has 0 saturated carbocycles. The van der Waals surface area contributed by atoms with E-state index in [4.69, 9.17) is 16.3 Å². The smallest absolute Gasteiger partial charge is 0.243 e. The van der Waals surface area contributed by atoms with E-state index in [1.807, 2.05) is 0 Å². The van der Waals surface area contributed by atoms with Crippen molar-refractivity contribution in [3.8, 4) is 5.75 Å². The molecule has 2 aromatic carbocycles. The summed E-state index contributed by atoms with van der Waals surface area (Å²) in [7, 11) is 0. The van der Waals surface area contributed by atoms with Crippen LogP contribution in [0.4, 0.5) is 10.3 Å². The Kier molecular flexibility index (Phi) is 6.01. The summed E-state index contributed by atoms with van der Waals surface area (Å²) in [5, 5.41) is 15.4. The van der Waals surface area contributed by atoms with Gasteiger partial charge in [0.25, 0.3) is 0 Å². The van der Waals surface area contributed by atoms with E-state index in [-0.39, 0.29) is 12.4 Å². The Morgan fingerprint density at radius 2 is 2.04 bits per heavy atom. The van der Waals surface area contributed by atoms with Gasteiger partial charge >= 0.3 is 0 Å². The Morgan fingerprint density at radius 1 is 1.19 bits per heavy atom. The molecule has 8 heteroatoms. The average Bonchev–Trinajstić information content (AvgIpc) is 3.08. The normalized spacial score (nSPS) is 10.7. The fourth-order valence-corrected chi connectivity index (χ4v) is 2.66. The summed E-state index contributed by atoms with van der Waals surface area (Å²) in [6, 6.07) is 11.9. The van der Waals surface area contributed by atoms with Crippen LogP contribution in [-0.4, -0.2) is 20.2 Å². The summed E-state index contributed by atoms with van der Waals surface area (Å²) >= 11 is 6.11. The third-order valence-corrected chi connectivity index (χ3v) is 4.00. The van der Waals surface area contributed by atoms with Gasteiger partial charge in [-0.25, -0.2) is 9.07 Å². The molecule has 0 aliphatic rings. The van der Waals surface area contributed by atoms with Crippen molar-refractivity contribution < 1.29 is 9.13 Å². The SMILES string of the molecule is CCCn1nnnc1NCc1cc(Cl)ccc1OCc1ccccc1F. The van der Waals surface area contributed by atoms with Crippen LogP contribution in [0.2, 0.25) is 5.02 Å². The molecular weight excluding hydrogens is 357 g/mol. The number of aryl methyl sites for hydroxylation is 1. The van der Waals surface area contributed by atoms with Crippen molar-refractivity contribution in [2.75, 3.05) is 5.32 Å². The van der Waals surface area contributed by atoms with Gasteiger partial charge in [0, 0.05) is 29.2 Å². The lowest BCUT2D eigenvalue weighted by Crippen LogP contribution is -2.10. The highest BCUT2D eigenvalue weighted by Crippen LogP contribution is 2.25. The molecule has 0 spiro atoms. The van der Waals surface area contributed by atoms with Crippen LogP contribution in [0.15, 0.2) is 42.5 Å². The van der Waals surface area contributed by atoms with E-state index in [1.54, 1.807) is 41.1 Å². The molecule has 3 rings (SSSR count). The lowest BCUT2D eigenvalue weighted by molar-refractivity contribution is 0.297. The number of anilines is 1. The fourth-order valence-electron chi connectivity index (χ4n) is 2.47. The Hall–Kier alpha value is -2.67. The highest BCUT2D eigenvalue weighted by Gasteiger charge is 2.10. The number of nitrogens with one attached hydrogen (secondary N) is 1. The molecule has 1 N–H and O–H groups in total. The lowest BCUT2D eigenvalue weighted by Gasteiger charge is -2.13. The number of aromatic nitrogens is 4. The molecular formula is C18H19ClFN5O. The summed E-state index contributed by atoms with van der Waals surface area (Å²) < 4.78 is 21.3. The standard InChI is InChI=1S/C18H19ClFN5O/c1-2-9-25-18(22-23-24-25)21-11-14-10-15(19)7-8-17(14)26-12-13-5-3-4-6-16(13)20/h3-8,10H,2,9,11-12H2,1H3,(H,21,22,24). The Morgan fingerprint density at radius 3 is 2.85 bits per heavy atom. The summed E-state index contributed by atoms with van der Waals surface area (Å²) in [6.07, 6.45) is 0.924. The number of ether oxygens (including phenoxy) is 1. The molecule has 0 radical (unpaired) electrons. The van der Waals surface area contributed by atoms with Crippen molar-refractivity contribution in [1.29, 1.82) is 0 Å². The number of hydrogen-bond donors (Lipinski definition) is 1. The molecule has 0 saturated heterocycles. The first-order chi connectivity index (χ1) is 12.7. The van der Waals surface area contributed by atoms with Crippen LogP contribution < -0.4 is 10.1 Å². The van der Waals surface area contributed by atoms with E-state index in [1.165, 1.54) is 6.07 Å². The topological polar surface area (TPSA) is 64.9 Å². The molecule has 1 aromatic heterocycles. The number of benzene rings is 2. The summed E-state index contributed by atoms with van der Waals surface area (Å²) in [5.41, 5.74) is 1.33. The highest BCUT2D eigenvalue weighted by molar-refractivity contribution is 6.30. The van der Waals surface area contributed by atoms with Gasteiger partial charge in [-0.3, -0.25) is 0 Å². The molecule has 6 nitrogen and oxygen atoms in total. The molecule has 26 heavy (non-hydrogen) atoms. The maximum atomic E-state index is 13.8. The molecule has 0 atom stereocenters. The Balaban J connectivity index is 1.71. The van der Waals surface area contributed by atoms with Crippen LogP contribution in [0.3, 0.4) is 0 Å². The Bertz CT molecular complexity index is 870. The first-order valence-electron chi connectivity index (χ1n) is 8.32. The molecule has 0 amide bonds. The first kappa shape index (κ1) is 18.1. The van der Waals surface area contributed by atoms with E-state index in [2.05, 4.69) is 27.8 Å². The van der Waals surface area contributed by atoms with Crippen LogP contribution in [-0.2, 0) is 19.7 Å². The van der Waals surface area contributed by atoms with E-state index in [0.29, 0.717) is 28.8 Å². The largest absolute Gasteiger partial charge is 0.488 e. The van der Waals surface area contributed by atoms with Crippen molar-refractivity contribution in [2.45, 2.75) is 33.0 Å². The molecule has 0 aliphatic carbocycles. The van der Waals surface area contributed by atoms with Crippen LogP contribution in [0.1, 0.15) is 24.5 Å². The minimum absolute atomic E-state index is 0.134. The van der Waals surface area contributed by atoms with Crippen LogP contribution >= 0.6 is 11.6 Å². The second kappa shape index (κ2) is 8.62. The van der Waals surface area contributed by atoms with Gasteiger partial charge in [-0.05, 0) is 41.1 Å². The molecule has 0 fully saturated rings. The second-order valence-corrected chi connectivity index (χ2v) is 6.15. The van der Waals surface area contributed by atoms with Gasteiger partial charge in [0.15, 0.2) is 0 Å². The Labute approximate surface area is 155 Å². The second-order valence-electron chi connectivity index (χ2n) is 5.71. The van der Waals surface area contributed by atoms with Crippen molar-refractivity contribution in [2.24, 2.45) is 0 Å². The zero-order chi connectivity index (χ0) is 18.4. The van der Waals surface area contributed by atoms with Gasteiger partial charge in [-0.2, -0.15) is 0 Å². The summed E-state index contributed by atoms with van der Waals surface area (Å²) in [4.78, 5) is 0. The monoisotopic (exact) mass is 375 g/mol. The van der Waals surface area contributed by atoms with E-state index in [0.717, 1.165) is 18.5 Å². The predicted molar refractivity (Wildman–Crippen MR) is 97.6 cm³/mol. The zero-order valence-electron chi connectivity index (χ0n) is 14.3. The lowest BCUT2D eigenvalue weighted by atomic mass is 10.2. The summed E-state index contributed by atoms with van der Waals surface area (Å²) in [6.45, 7) is 3.34. The quantitative estimate of drug-likeness (QED) is 0.643. The van der Waals surface area contributed by atoms with Crippen LogP contribution in [0, 0.1) is 5.82 Å². The highest BCUT2D eigenvalue weighted by atomic mass is 35.5. The third-order valence-electron chi connectivity index (χ3n) is 3.77. The average molecular weight is 376 g/mol. The zero-order valence-corrected chi connectivity index (χ0v) is 15.1. The molecule has 0 bridgehead atoms. The van der Waals surface area contributed by atoms with Gasteiger partial charge in [0.1, 0.15) is 18.2 Å². The van der Waals surface area contributed by atoms with Gasteiger partial charge in [-0.15, -0.1) is 0 Å². The molecule has 0 unspecified atom stereocenters. The van der Waals surface area contributed by atoms with Crippen molar-refractivity contribution >= 4 is 17.5 Å². The first-order valence-corrected chi connectivity index (χ1v) is 8.70. The maximum absolute atomic E-state index is 13.8. The molecule has 1 heterocycles. The van der Waals surface area contributed by atoms with Crippen molar-refractivity contribution in [3.63, 3.8) is 0 Å². The predicted octanol–water partition coefficient (Wildman–Crippen LogP) is 4.07. The van der Waals surface area contributed by atoms with Gasteiger partial charge in [-0.1, -0.05) is 41.8 Å². The minimum atomic E-state index is -0.292. The van der Waals surface area contributed by atoms with Gasteiger partial charge < -0.3 is 10.1 Å². The van der Waals surface area contributed by atoms with Gasteiger partial charge in [0.2, 0.25) is 5.95 Å². The molecule has 136 valence electrons. The van der Waals surface area contributed by atoms with Crippen LogP contribution in [0.25, 0.3) is 0 Å².